The first-order valence-electron chi connectivity index (χ1n) is 10.2. The average molecular weight is 377 g/mol. The van der Waals surface area contributed by atoms with Gasteiger partial charge in [-0.15, -0.1) is 0 Å². The van der Waals surface area contributed by atoms with Crippen LogP contribution < -0.4 is 0 Å². The first-order chi connectivity index (χ1) is 12.8. The van der Waals surface area contributed by atoms with Crippen molar-refractivity contribution in [2.75, 3.05) is 45.8 Å². The predicted molar refractivity (Wildman–Crippen MR) is 109 cm³/mol. The molecule has 2 rings (SSSR count). The Morgan fingerprint density at radius 2 is 1.63 bits per heavy atom. The van der Waals surface area contributed by atoms with E-state index in [0.29, 0.717) is 18.1 Å². The molecule has 0 spiro atoms. The Kier molecular flexibility index (Phi) is 8.05. The van der Waals surface area contributed by atoms with Crippen LogP contribution in [0.5, 0.6) is 0 Å². The summed E-state index contributed by atoms with van der Waals surface area (Å²) in [5.41, 5.74) is 0. The van der Waals surface area contributed by atoms with Crippen LogP contribution in [0.4, 0.5) is 0 Å². The van der Waals surface area contributed by atoms with E-state index in [1.54, 1.807) is 6.08 Å². The molecule has 27 heavy (non-hydrogen) atoms. The summed E-state index contributed by atoms with van der Waals surface area (Å²) in [4.78, 5) is 32.8. The summed E-state index contributed by atoms with van der Waals surface area (Å²) in [6, 6.07) is 1.21. The van der Waals surface area contributed by atoms with Crippen molar-refractivity contribution >= 4 is 11.8 Å². The maximum Gasteiger partial charge on any atom is 0.246 e. The Morgan fingerprint density at radius 3 is 2.19 bits per heavy atom. The smallest absolute Gasteiger partial charge is 0.246 e. The lowest BCUT2D eigenvalue weighted by atomic mass is 10.1. The highest BCUT2D eigenvalue weighted by molar-refractivity contribution is 5.87. The lowest BCUT2D eigenvalue weighted by Crippen LogP contribution is -2.55. The van der Waals surface area contributed by atoms with Crippen LogP contribution in [0.2, 0.25) is 0 Å². The molecule has 0 saturated carbocycles. The molecule has 152 valence electrons. The third kappa shape index (κ3) is 5.91. The third-order valence-corrected chi connectivity index (χ3v) is 5.83. The fourth-order valence-electron chi connectivity index (χ4n) is 4.02. The Labute approximate surface area is 164 Å². The third-order valence-electron chi connectivity index (χ3n) is 5.83. The minimum atomic E-state index is 0.0113. The molecule has 2 aliphatic heterocycles. The molecule has 6 heteroatoms. The summed E-state index contributed by atoms with van der Waals surface area (Å²) in [5.74, 6) is 0.136. The van der Waals surface area contributed by atoms with Crippen molar-refractivity contribution < 1.29 is 9.59 Å². The molecule has 0 aliphatic carbocycles. The quantitative estimate of drug-likeness (QED) is 0.661. The monoisotopic (exact) mass is 376 g/mol. The maximum atomic E-state index is 12.4. The van der Waals surface area contributed by atoms with Gasteiger partial charge in [0.05, 0.1) is 0 Å². The number of rotatable bonds is 6. The molecule has 2 unspecified atom stereocenters. The van der Waals surface area contributed by atoms with Gasteiger partial charge < -0.3 is 9.80 Å². The molecule has 0 aromatic rings. The van der Waals surface area contributed by atoms with Crippen LogP contribution in [0.15, 0.2) is 24.8 Å². The van der Waals surface area contributed by atoms with Crippen LogP contribution in [0.3, 0.4) is 0 Å². The van der Waals surface area contributed by atoms with Gasteiger partial charge in [-0.3, -0.25) is 19.4 Å². The summed E-state index contributed by atoms with van der Waals surface area (Å²) >= 11 is 0. The highest BCUT2D eigenvalue weighted by Gasteiger charge is 2.28. The minimum Gasteiger partial charge on any atom is -0.337 e. The van der Waals surface area contributed by atoms with E-state index in [-0.39, 0.29) is 11.8 Å². The van der Waals surface area contributed by atoms with E-state index in [1.165, 1.54) is 6.08 Å². The Balaban J connectivity index is 1.76. The number of hydrogen-bond donors (Lipinski definition) is 0. The molecular weight excluding hydrogens is 340 g/mol. The van der Waals surface area contributed by atoms with Gasteiger partial charge in [-0.05, 0) is 46.3 Å². The van der Waals surface area contributed by atoms with Crippen LogP contribution in [-0.2, 0) is 9.59 Å². The first-order valence-corrected chi connectivity index (χ1v) is 10.2. The number of hydrogen-bond acceptors (Lipinski definition) is 4. The highest BCUT2D eigenvalue weighted by Crippen LogP contribution is 2.16. The average Bonchev–Trinajstić information content (AvgIpc) is 2.67. The molecule has 2 heterocycles. The second-order valence-corrected chi connectivity index (χ2v) is 8.02. The Morgan fingerprint density at radius 1 is 1.00 bits per heavy atom. The van der Waals surface area contributed by atoms with Gasteiger partial charge in [-0.2, -0.15) is 0 Å². The zero-order valence-corrected chi connectivity index (χ0v) is 17.4. The highest BCUT2D eigenvalue weighted by atomic mass is 16.2. The Bertz CT molecular complexity index is 552. The van der Waals surface area contributed by atoms with Crippen LogP contribution in [-0.4, -0.2) is 95.4 Å². The van der Waals surface area contributed by atoms with Gasteiger partial charge in [0, 0.05) is 63.9 Å². The summed E-state index contributed by atoms with van der Waals surface area (Å²) in [6.45, 7) is 18.2. The number of piperazine rings is 2. The lowest BCUT2D eigenvalue weighted by Gasteiger charge is -2.42. The maximum absolute atomic E-state index is 12.4. The zero-order chi connectivity index (χ0) is 20.0. The van der Waals surface area contributed by atoms with E-state index in [1.807, 2.05) is 15.9 Å². The van der Waals surface area contributed by atoms with Crippen molar-refractivity contribution in [1.82, 2.24) is 19.6 Å². The molecule has 2 amide bonds. The van der Waals surface area contributed by atoms with Crippen LogP contribution in [0.25, 0.3) is 0 Å². The largest absolute Gasteiger partial charge is 0.337 e. The van der Waals surface area contributed by atoms with Gasteiger partial charge in [0.2, 0.25) is 11.8 Å². The van der Waals surface area contributed by atoms with Crippen LogP contribution in [0, 0.1) is 0 Å². The van der Waals surface area contributed by atoms with Crippen molar-refractivity contribution in [1.29, 1.82) is 0 Å². The molecule has 2 aliphatic rings. The summed E-state index contributed by atoms with van der Waals surface area (Å²) < 4.78 is 0. The van der Waals surface area contributed by atoms with Gasteiger partial charge >= 0.3 is 0 Å². The standard InChI is InChI=1S/C21H36N4O2/c1-6-20(26)24-14-15-25(19(5)16-24)18(4)8-7-9-21(27)23-12-10-22(11-13-23)17(2)3/h6-7,9,17-19H,1,8,10-16H2,2-5H3/b9-7+. The topological polar surface area (TPSA) is 47.1 Å². The molecule has 0 N–H and O–H groups in total. The molecule has 0 aromatic heterocycles. The van der Waals surface area contributed by atoms with Crippen LogP contribution >= 0.6 is 0 Å². The van der Waals surface area contributed by atoms with E-state index >= 15 is 0 Å². The zero-order valence-electron chi connectivity index (χ0n) is 17.4. The van der Waals surface area contributed by atoms with Gasteiger partial charge in [0.25, 0.3) is 0 Å². The first kappa shape index (κ1) is 21.6. The van der Waals surface area contributed by atoms with Crippen molar-refractivity contribution in [2.45, 2.75) is 52.2 Å². The molecule has 0 aromatic carbocycles. The van der Waals surface area contributed by atoms with Crippen molar-refractivity contribution in [3.05, 3.63) is 24.8 Å². The second kappa shape index (κ2) is 10.0. The number of amides is 2. The summed E-state index contributed by atoms with van der Waals surface area (Å²) in [7, 11) is 0. The SMILES string of the molecule is C=CC(=O)N1CCN(C(C)C/C=C/C(=O)N2CCN(C(C)C)CC2)C(C)C1. The van der Waals surface area contributed by atoms with E-state index in [4.69, 9.17) is 0 Å². The molecule has 2 saturated heterocycles. The Hall–Kier alpha value is -1.66. The van der Waals surface area contributed by atoms with Gasteiger partial charge in [0.1, 0.15) is 0 Å². The molecular formula is C21H36N4O2. The van der Waals surface area contributed by atoms with E-state index in [0.717, 1.165) is 52.2 Å². The number of carbonyl (C=O) groups is 2. The van der Waals surface area contributed by atoms with Gasteiger partial charge in [0.15, 0.2) is 0 Å². The fourth-order valence-corrected chi connectivity index (χ4v) is 4.02. The van der Waals surface area contributed by atoms with E-state index in [9.17, 15) is 9.59 Å². The molecule has 2 atom stereocenters. The van der Waals surface area contributed by atoms with Gasteiger partial charge in [-0.25, -0.2) is 0 Å². The number of nitrogens with zero attached hydrogens (tertiary/aromatic N) is 4. The van der Waals surface area contributed by atoms with Gasteiger partial charge in [-0.1, -0.05) is 12.7 Å². The summed E-state index contributed by atoms with van der Waals surface area (Å²) in [5, 5.41) is 0. The molecule has 0 bridgehead atoms. The number of carbonyl (C=O) groups excluding carboxylic acids is 2. The molecule has 0 radical (unpaired) electrons. The van der Waals surface area contributed by atoms with Crippen molar-refractivity contribution in [2.24, 2.45) is 0 Å². The molecule has 6 nitrogen and oxygen atoms in total. The summed E-state index contributed by atoms with van der Waals surface area (Å²) in [6.07, 6.45) is 5.98. The van der Waals surface area contributed by atoms with Crippen molar-refractivity contribution in [3.8, 4) is 0 Å². The minimum absolute atomic E-state index is 0.0113. The molecule has 2 fully saturated rings. The fraction of sp³-hybridized carbons (Fsp3) is 0.714. The normalized spacial score (nSPS) is 23.8. The predicted octanol–water partition coefficient (Wildman–Crippen LogP) is 1.59. The second-order valence-electron chi connectivity index (χ2n) is 8.02. The van der Waals surface area contributed by atoms with E-state index in [2.05, 4.69) is 44.1 Å². The van der Waals surface area contributed by atoms with E-state index < -0.39 is 0 Å². The van der Waals surface area contributed by atoms with Crippen molar-refractivity contribution in [3.63, 3.8) is 0 Å². The lowest BCUT2D eigenvalue weighted by molar-refractivity contribution is -0.129. The van der Waals surface area contributed by atoms with Crippen LogP contribution in [0.1, 0.15) is 34.1 Å².